The number of methoxy groups -OCH3 is 1. The molecule has 0 aromatic carbocycles. The van der Waals surface area contributed by atoms with Crippen LogP contribution in [0.2, 0.25) is 0 Å². The molecule has 0 bridgehead atoms. The highest BCUT2D eigenvalue weighted by Gasteiger charge is 2.49. The molecule has 1 rings (SSSR count). The van der Waals surface area contributed by atoms with Gasteiger partial charge in [-0.05, 0) is 6.42 Å². The fraction of sp³-hybridized carbons (Fsp3) is 0.833. The van der Waals surface area contributed by atoms with E-state index in [2.05, 4.69) is 10.6 Å². The Balaban J connectivity index is 2.46. The Morgan fingerprint density at radius 3 is 2.53 bits per heavy atom. The zero-order chi connectivity index (χ0) is 14.6. The number of aliphatic hydroxyl groups is 1. The molecule has 2 unspecified atom stereocenters. The lowest BCUT2D eigenvalue weighted by atomic mass is 9.64. The topological polar surface area (TPSA) is 108 Å². The van der Waals surface area contributed by atoms with E-state index in [9.17, 15) is 9.59 Å². The number of carboxylic acids is 1. The summed E-state index contributed by atoms with van der Waals surface area (Å²) in [6.07, 6.45) is 0.775. The number of nitrogens with one attached hydrogen (secondary N) is 2. The molecule has 3 atom stereocenters. The summed E-state index contributed by atoms with van der Waals surface area (Å²) >= 11 is 0. The number of carbonyl (C=O) groups is 2. The minimum atomic E-state index is -1.16. The molecule has 1 aliphatic rings. The highest BCUT2D eigenvalue weighted by molar-refractivity contribution is 5.82. The molecule has 0 heterocycles. The quantitative estimate of drug-likeness (QED) is 0.542. The third-order valence-electron chi connectivity index (χ3n) is 3.79. The molecule has 19 heavy (non-hydrogen) atoms. The molecule has 1 fully saturated rings. The SMILES string of the molecule is COC1CC(NC(=O)N[C@H](CCO)C(=O)O)C1(C)C. The highest BCUT2D eigenvalue weighted by atomic mass is 16.5. The van der Waals surface area contributed by atoms with Crippen molar-refractivity contribution < 1.29 is 24.5 Å². The van der Waals surface area contributed by atoms with Gasteiger partial charge in [-0.2, -0.15) is 0 Å². The van der Waals surface area contributed by atoms with Crippen molar-refractivity contribution in [3.8, 4) is 0 Å². The van der Waals surface area contributed by atoms with E-state index in [4.69, 9.17) is 14.9 Å². The first-order valence-corrected chi connectivity index (χ1v) is 6.26. The number of carboxylic acid groups (broad SMARTS) is 1. The second-order valence-electron chi connectivity index (χ2n) is 5.35. The summed E-state index contributed by atoms with van der Waals surface area (Å²) in [6.45, 7) is 3.67. The summed E-state index contributed by atoms with van der Waals surface area (Å²) in [7, 11) is 1.63. The van der Waals surface area contributed by atoms with Crippen molar-refractivity contribution in [1.29, 1.82) is 0 Å². The Hall–Kier alpha value is -1.34. The van der Waals surface area contributed by atoms with Gasteiger partial charge < -0.3 is 25.6 Å². The fourth-order valence-corrected chi connectivity index (χ4v) is 2.28. The number of aliphatic hydroxyl groups excluding tert-OH is 1. The molecule has 7 nitrogen and oxygen atoms in total. The number of urea groups is 1. The standard InChI is InChI=1S/C12H22N2O5/c1-12(2)8(6-9(12)19-3)14-11(18)13-7(4-5-15)10(16)17/h7-9,15H,4-6H2,1-3H3,(H,16,17)(H2,13,14,18)/t7-,8?,9?/m1/s1. The third kappa shape index (κ3) is 3.57. The fourth-order valence-electron chi connectivity index (χ4n) is 2.28. The van der Waals surface area contributed by atoms with E-state index in [1.807, 2.05) is 13.8 Å². The van der Waals surface area contributed by atoms with Crippen LogP contribution in [-0.4, -0.2) is 54.1 Å². The van der Waals surface area contributed by atoms with E-state index in [1.54, 1.807) is 7.11 Å². The number of ether oxygens (including phenoxy) is 1. The molecule has 110 valence electrons. The molecule has 0 aromatic heterocycles. The molecule has 0 saturated heterocycles. The molecule has 2 amide bonds. The van der Waals surface area contributed by atoms with Gasteiger partial charge in [-0.3, -0.25) is 0 Å². The van der Waals surface area contributed by atoms with Crippen LogP contribution in [0.3, 0.4) is 0 Å². The van der Waals surface area contributed by atoms with Crippen LogP contribution in [0.1, 0.15) is 26.7 Å². The van der Waals surface area contributed by atoms with E-state index in [-0.39, 0.29) is 30.6 Å². The van der Waals surface area contributed by atoms with E-state index < -0.39 is 18.0 Å². The summed E-state index contributed by atoms with van der Waals surface area (Å²) < 4.78 is 5.27. The normalized spacial score (nSPS) is 26.1. The van der Waals surface area contributed by atoms with Gasteiger partial charge in [0.1, 0.15) is 6.04 Å². The zero-order valence-corrected chi connectivity index (χ0v) is 11.5. The Bertz CT molecular complexity index is 345. The number of amides is 2. The lowest BCUT2D eigenvalue weighted by Crippen LogP contribution is -2.63. The first-order valence-electron chi connectivity index (χ1n) is 6.26. The number of rotatable bonds is 6. The molecule has 1 saturated carbocycles. The van der Waals surface area contributed by atoms with Gasteiger partial charge in [0.2, 0.25) is 0 Å². The highest BCUT2D eigenvalue weighted by Crippen LogP contribution is 2.42. The molecule has 7 heteroatoms. The number of hydrogen-bond acceptors (Lipinski definition) is 4. The summed E-state index contributed by atoms with van der Waals surface area (Å²) in [5.41, 5.74) is -0.179. The smallest absolute Gasteiger partial charge is 0.326 e. The maximum absolute atomic E-state index is 11.7. The largest absolute Gasteiger partial charge is 0.480 e. The van der Waals surface area contributed by atoms with Crippen molar-refractivity contribution in [2.45, 2.75) is 44.9 Å². The van der Waals surface area contributed by atoms with Gasteiger partial charge in [-0.25, -0.2) is 9.59 Å². The average Bonchev–Trinajstić information content (AvgIpc) is 2.33. The van der Waals surface area contributed by atoms with Crippen molar-refractivity contribution in [3.05, 3.63) is 0 Å². The van der Waals surface area contributed by atoms with Crippen LogP contribution >= 0.6 is 0 Å². The maximum atomic E-state index is 11.7. The maximum Gasteiger partial charge on any atom is 0.326 e. The van der Waals surface area contributed by atoms with E-state index in [1.165, 1.54) is 0 Å². The molecule has 0 aromatic rings. The lowest BCUT2D eigenvalue weighted by Gasteiger charge is -2.51. The van der Waals surface area contributed by atoms with Gasteiger partial charge in [-0.15, -0.1) is 0 Å². The lowest BCUT2D eigenvalue weighted by molar-refractivity contribution is -0.139. The Morgan fingerprint density at radius 1 is 1.47 bits per heavy atom. The van der Waals surface area contributed by atoms with Gasteiger partial charge in [0.05, 0.1) is 6.10 Å². The molecular formula is C12H22N2O5. The average molecular weight is 274 g/mol. The van der Waals surface area contributed by atoms with Crippen LogP contribution in [0.5, 0.6) is 0 Å². The van der Waals surface area contributed by atoms with Crippen molar-refractivity contribution in [3.63, 3.8) is 0 Å². The first kappa shape index (κ1) is 15.7. The van der Waals surface area contributed by atoms with E-state index in [0.29, 0.717) is 6.42 Å². The summed E-state index contributed by atoms with van der Waals surface area (Å²) in [6, 6.07) is -1.67. The van der Waals surface area contributed by atoms with Crippen LogP contribution in [0.25, 0.3) is 0 Å². The molecular weight excluding hydrogens is 252 g/mol. The van der Waals surface area contributed by atoms with Gasteiger partial charge in [0.25, 0.3) is 0 Å². The number of carbonyl (C=O) groups excluding carboxylic acids is 1. The summed E-state index contributed by atoms with van der Waals surface area (Å²) in [4.78, 5) is 22.6. The monoisotopic (exact) mass is 274 g/mol. The number of aliphatic carboxylic acids is 1. The zero-order valence-electron chi connectivity index (χ0n) is 11.5. The second-order valence-corrected chi connectivity index (χ2v) is 5.35. The van der Waals surface area contributed by atoms with E-state index >= 15 is 0 Å². The summed E-state index contributed by atoms with van der Waals surface area (Å²) in [5, 5.41) is 22.7. The van der Waals surface area contributed by atoms with Crippen LogP contribution in [0.4, 0.5) is 4.79 Å². The molecule has 4 N–H and O–H groups in total. The Labute approximate surface area is 112 Å². The van der Waals surface area contributed by atoms with Crippen molar-refractivity contribution >= 4 is 12.0 Å². The predicted molar refractivity (Wildman–Crippen MR) is 67.8 cm³/mol. The Morgan fingerprint density at radius 2 is 2.11 bits per heavy atom. The van der Waals surface area contributed by atoms with Crippen molar-refractivity contribution in [2.24, 2.45) is 5.41 Å². The van der Waals surface area contributed by atoms with Crippen molar-refractivity contribution in [2.75, 3.05) is 13.7 Å². The molecule has 1 aliphatic carbocycles. The summed E-state index contributed by atoms with van der Waals surface area (Å²) in [5.74, 6) is -1.16. The van der Waals surface area contributed by atoms with Gasteiger partial charge >= 0.3 is 12.0 Å². The Kier molecular flexibility index (Phi) is 5.13. The van der Waals surface area contributed by atoms with Crippen LogP contribution in [0, 0.1) is 5.41 Å². The molecule has 0 radical (unpaired) electrons. The van der Waals surface area contributed by atoms with Gasteiger partial charge in [-0.1, -0.05) is 13.8 Å². The van der Waals surface area contributed by atoms with Crippen molar-refractivity contribution in [1.82, 2.24) is 10.6 Å². The van der Waals surface area contributed by atoms with Gasteiger partial charge in [0, 0.05) is 31.6 Å². The van der Waals surface area contributed by atoms with Crippen LogP contribution in [-0.2, 0) is 9.53 Å². The minimum absolute atomic E-state index is 0.0164. The molecule has 0 spiro atoms. The van der Waals surface area contributed by atoms with Crippen LogP contribution in [0.15, 0.2) is 0 Å². The van der Waals surface area contributed by atoms with Gasteiger partial charge in [0.15, 0.2) is 0 Å². The van der Waals surface area contributed by atoms with E-state index in [0.717, 1.165) is 0 Å². The third-order valence-corrected chi connectivity index (χ3v) is 3.79. The first-order chi connectivity index (χ1) is 8.82. The second kappa shape index (κ2) is 6.21. The van der Waals surface area contributed by atoms with Crippen LogP contribution < -0.4 is 10.6 Å². The minimum Gasteiger partial charge on any atom is -0.480 e. The number of hydrogen-bond donors (Lipinski definition) is 4. The molecule has 0 aliphatic heterocycles. The predicted octanol–water partition coefficient (Wildman–Crippen LogP) is -0.0653.